The number of aromatic nitrogens is 3. The molecule has 1 aromatic carbocycles. The highest BCUT2D eigenvalue weighted by atomic mass is 35.5. The van der Waals surface area contributed by atoms with E-state index in [2.05, 4.69) is 5.10 Å². The summed E-state index contributed by atoms with van der Waals surface area (Å²) in [5.74, 6) is 0.354. The SMILES string of the molecule is Cc1nn(C)c(-n2ccc3cc(Cl)ccc32)c1CCN1CC(=O)NS1(=O)=O. The number of amides is 1. The summed E-state index contributed by atoms with van der Waals surface area (Å²) in [5.41, 5.74) is 2.73. The van der Waals surface area contributed by atoms with Crippen LogP contribution in [0.15, 0.2) is 30.5 Å². The first kappa shape index (κ1) is 18.0. The minimum Gasteiger partial charge on any atom is -0.301 e. The van der Waals surface area contributed by atoms with Crippen LogP contribution in [0.1, 0.15) is 11.3 Å². The Morgan fingerprint density at radius 2 is 2.07 bits per heavy atom. The van der Waals surface area contributed by atoms with E-state index >= 15 is 0 Å². The molecule has 3 heterocycles. The zero-order chi connectivity index (χ0) is 19.3. The average Bonchev–Trinajstić information content (AvgIpc) is 3.18. The van der Waals surface area contributed by atoms with E-state index in [4.69, 9.17) is 11.6 Å². The van der Waals surface area contributed by atoms with Crippen LogP contribution < -0.4 is 4.72 Å². The van der Waals surface area contributed by atoms with Gasteiger partial charge in [0.2, 0.25) is 5.91 Å². The lowest BCUT2D eigenvalue weighted by Gasteiger charge is -2.14. The number of carbonyl (C=O) groups is 1. The summed E-state index contributed by atoms with van der Waals surface area (Å²) in [6.07, 6.45) is 2.38. The Hall–Kier alpha value is -2.36. The molecule has 0 saturated carbocycles. The van der Waals surface area contributed by atoms with Gasteiger partial charge in [0.15, 0.2) is 0 Å². The Morgan fingerprint density at radius 3 is 2.78 bits per heavy atom. The summed E-state index contributed by atoms with van der Waals surface area (Å²) in [5, 5.41) is 6.18. The molecular formula is C17H18ClN5O3S. The Labute approximate surface area is 161 Å². The molecule has 8 nitrogen and oxygen atoms in total. The number of rotatable bonds is 4. The van der Waals surface area contributed by atoms with Crippen LogP contribution in [-0.2, 0) is 28.5 Å². The molecule has 1 N–H and O–H groups in total. The van der Waals surface area contributed by atoms with E-state index in [1.807, 2.05) is 53.7 Å². The van der Waals surface area contributed by atoms with Crippen molar-refractivity contribution in [3.05, 3.63) is 46.7 Å². The number of halogens is 1. The van der Waals surface area contributed by atoms with Gasteiger partial charge in [0.25, 0.3) is 0 Å². The summed E-state index contributed by atoms with van der Waals surface area (Å²) in [6, 6.07) is 7.64. The minimum atomic E-state index is -3.73. The quantitative estimate of drug-likeness (QED) is 0.710. The average molecular weight is 408 g/mol. The van der Waals surface area contributed by atoms with E-state index in [-0.39, 0.29) is 13.1 Å². The summed E-state index contributed by atoms with van der Waals surface area (Å²) >= 11 is 6.08. The lowest BCUT2D eigenvalue weighted by molar-refractivity contribution is -0.118. The molecule has 2 aromatic heterocycles. The standard InChI is InChI=1S/C17H18ClN5O3S/c1-11-14(6-7-22-10-16(24)20-27(22,25)26)17(21(2)19-11)23-8-5-12-9-13(18)3-4-15(12)23/h3-5,8-9H,6-7,10H2,1-2H3,(H,20,24). The van der Waals surface area contributed by atoms with Gasteiger partial charge >= 0.3 is 10.2 Å². The second kappa shape index (κ2) is 6.36. The maximum Gasteiger partial charge on any atom is 0.304 e. The van der Waals surface area contributed by atoms with Crippen LogP contribution in [0.3, 0.4) is 0 Å². The number of carbonyl (C=O) groups excluding carboxylic acids is 1. The lowest BCUT2D eigenvalue weighted by atomic mass is 10.1. The van der Waals surface area contributed by atoms with Crippen molar-refractivity contribution in [2.45, 2.75) is 13.3 Å². The normalized spacial score (nSPS) is 16.9. The zero-order valence-corrected chi connectivity index (χ0v) is 16.4. The van der Waals surface area contributed by atoms with Crippen LogP contribution in [0, 0.1) is 6.92 Å². The first-order valence-corrected chi connectivity index (χ1v) is 10.2. The van der Waals surface area contributed by atoms with Crippen molar-refractivity contribution in [3.8, 4) is 5.82 Å². The number of aryl methyl sites for hydroxylation is 2. The molecule has 1 fully saturated rings. The Balaban J connectivity index is 1.72. The van der Waals surface area contributed by atoms with Gasteiger partial charge in [-0.05, 0) is 37.6 Å². The Kier molecular flexibility index (Phi) is 4.25. The van der Waals surface area contributed by atoms with E-state index in [0.717, 1.165) is 32.3 Å². The van der Waals surface area contributed by atoms with E-state index in [1.54, 1.807) is 4.68 Å². The first-order valence-electron chi connectivity index (χ1n) is 8.36. The van der Waals surface area contributed by atoms with Crippen LogP contribution in [0.2, 0.25) is 5.02 Å². The lowest BCUT2D eigenvalue weighted by Crippen LogP contribution is -2.31. The third-order valence-corrected chi connectivity index (χ3v) is 6.42. The topological polar surface area (TPSA) is 89.2 Å². The molecule has 10 heteroatoms. The minimum absolute atomic E-state index is 0.151. The molecule has 3 aromatic rings. The third-order valence-electron chi connectivity index (χ3n) is 4.71. The van der Waals surface area contributed by atoms with E-state index in [1.165, 1.54) is 0 Å². The van der Waals surface area contributed by atoms with Crippen molar-refractivity contribution in [2.75, 3.05) is 13.1 Å². The second-order valence-corrected chi connectivity index (χ2v) is 8.62. The second-order valence-electron chi connectivity index (χ2n) is 6.51. The third kappa shape index (κ3) is 3.11. The van der Waals surface area contributed by atoms with Crippen molar-refractivity contribution in [2.24, 2.45) is 7.05 Å². The van der Waals surface area contributed by atoms with Gasteiger partial charge in [-0.1, -0.05) is 11.6 Å². The molecule has 0 atom stereocenters. The van der Waals surface area contributed by atoms with E-state index < -0.39 is 16.1 Å². The van der Waals surface area contributed by atoms with Gasteiger partial charge in [0.1, 0.15) is 5.82 Å². The number of nitrogens with zero attached hydrogens (tertiary/aromatic N) is 4. The Morgan fingerprint density at radius 1 is 1.30 bits per heavy atom. The number of fused-ring (bicyclic) bond motifs is 1. The van der Waals surface area contributed by atoms with Crippen LogP contribution in [0.4, 0.5) is 0 Å². The molecule has 0 bridgehead atoms. The number of hydrogen-bond donors (Lipinski definition) is 1. The van der Waals surface area contributed by atoms with E-state index in [9.17, 15) is 13.2 Å². The monoisotopic (exact) mass is 407 g/mol. The van der Waals surface area contributed by atoms with Gasteiger partial charge in [-0.2, -0.15) is 17.8 Å². The predicted octanol–water partition coefficient (Wildman–Crippen LogP) is 1.54. The number of benzene rings is 1. The van der Waals surface area contributed by atoms with Gasteiger partial charge in [0.05, 0.1) is 17.8 Å². The van der Waals surface area contributed by atoms with Crippen LogP contribution >= 0.6 is 11.6 Å². The summed E-state index contributed by atoms with van der Waals surface area (Å²) in [7, 11) is -1.88. The first-order chi connectivity index (χ1) is 12.8. The van der Waals surface area contributed by atoms with Gasteiger partial charge in [-0.25, -0.2) is 4.72 Å². The highest BCUT2D eigenvalue weighted by molar-refractivity contribution is 7.88. The maximum absolute atomic E-state index is 12.0. The number of hydrogen-bond acceptors (Lipinski definition) is 4. The van der Waals surface area contributed by atoms with Gasteiger partial charge in [-0.3, -0.25) is 9.48 Å². The van der Waals surface area contributed by atoms with Crippen molar-refractivity contribution < 1.29 is 13.2 Å². The highest BCUT2D eigenvalue weighted by Gasteiger charge is 2.33. The number of nitrogens with one attached hydrogen (secondary N) is 1. The van der Waals surface area contributed by atoms with Gasteiger partial charge < -0.3 is 4.57 Å². The van der Waals surface area contributed by atoms with E-state index in [0.29, 0.717) is 11.4 Å². The molecule has 0 radical (unpaired) electrons. The summed E-state index contributed by atoms with van der Waals surface area (Å²) in [6.45, 7) is 1.94. The fourth-order valence-corrected chi connectivity index (χ4v) is 4.78. The fraction of sp³-hybridized carbons (Fsp3) is 0.294. The molecule has 0 unspecified atom stereocenters. The molecule has 142 valence electrons. The molecule has 1 aliphatic rings. The highest BCUT2D eigenvalue weighted by Crippen LogP contribution is 2.27. The molecule has 1 saturated heterocycles. The summed E-state index contributed by atoms with van der Waals surface area (Å²) < 4.78 is 30.9. The van der Waals surface area contributed by atoms with Gasteiger partial charge in [0, 0.05) is 35.8 Å². The molecule has 27 heavy (non-hydrogen) atoms. The molecular weight excluding hydrogens is 390 g/mol. The van der Waals surface area contributed by atoms with Crippen molar-refractivity contribution in [1.29, 1.82) is 0 Å². The predicted molar refractivity (Wildman–Crippen MR) is 102 cm³/mol. The molecule has 0 spiro atoms. The zero-order valence-electron chi connectivity index (χ0n) is 14.8. The maximum atomic E-state index is 12.0. The van der Waals surface area contributed by atoms with Gasteiger partial charge in [-0.15, -0.1) is 0 Å². The fourth-order valence-electron chi connectivity index (χ4n) is 3.50. The van der Waals surface area contributed by atoms with Crippen LogP contribution in [0.25, 0.3) is 16.7 Å². The Bertz CT molecular complexity index is 1160. The largest absolute Gasteiger partial charge is 0.304 e. The van der Waals surface area contributed by atoms with Crippen molar-refractivity contribution in [1.82, 2.24) is 23.4 Å². The van der Waals surface area contributed by atoms with Crippen molar-refractivity contribution >= 4 is 38.6 Å². The smallest absolute Gasteiger partial charge is 0.301 e. The molecule has 1 amide bonds. The van der Waals surface area contributed by atoms with Crippen LogP contribution in [0.5, 0.6) is 0 Å². The molecule has 1 aliphatic heterocycles. The molecule has 0 aliphatic carbocycles. The van der Waals surface area contributed by atoms with Crippen molar-refractivity contribution in [3.63, 3.8) is 0 Å². The summed E-state index contributed by atoms with van der Waals surface area (Å²) in [4.78, 5) is 11.4. The van der Waals surface area contributed by atoms with Crippen LogP contribution in [-0.4, -0.2) is 46.1 Å². The molecule has 4 rings (SSSR count).